The van der Waals surface area contributed by atoms with Crippen molar-refractivity contribution in [2.24, 2.45) is 11.8 Å². The first-order chi connectivity index (χ1) is 21.6. The van der Waals surface area contributed by atoms with E-state index in [4.69, 9.17) is 18.9 Å². The quantitative estimate of drug-likeness (QED) is 0.0833. The maximum atomic E-state index is 12.2. The highest BCUT2D eigenvalue weighted by Crippen LogP contribution is 2.31. The molecule has 0 aromatic heterocycles. The third kappa shape index (κ3) is 12.2. The van der Waals surface area contributed by atoms with Gasteiger partial charge in [0.05, 0.1) is 38.6 Å². The van der Waals surface area contributed by atoms with Crippen LogP contribution in [0.1, 0.15) is 83.8 Å². The van der Waals surface area contributed by atoms with E-state index in [0.29, 0.717) is 47.3 Å². The molecule has 0 atom stereocenters. The molecule has 0 aliphatic heterocycles. The van der Waals surface area contributed by atoms with Gasteiger partial charge in [-0.05, 0) is 60.4 Å². The van der Waals surface area contributed by atoms with E-state index in [1.54, 1.807) is 66.2 Å². The summed E-state index contributed by atoms with van der Waals surface area (Å²) in [4.78, 5) is 24.4. The zero-order valence-electron chi connectivity index (χ0n) is 27.5. The van der Waals surface area contributed by atoms with Crippen LogP contribution in [-0.4, -0.2) is 39.0 Å². The molecule has 45 heavy (non-hydrogen) atoms. The van der Waals surface area contributed by atoms with Gasteiger partial charge < -0.3 is 18.9 Å². The summed E-state index contributed by atoms with van der Waals surface area (Å²) in [6, 6.07) is 14.8. The monoisotopic (exact) mass is 614 g/mol. The Morgan fingerprint density at radius 1 is 0.622 bits per heavy atom. The third-order valence-corrected chi connectivity index (χ3v) is 7.12. The molecule has 0 spiro atoms. The van der Waals surface area contributed by atoms with Crippen molar-refractivity contribution in [1.82, 2.24) is 0 Å². The summed E-state index contributed by atoms with van der Waals surface area (Å²) in [6.07, 6.45) is 10.6. The standard InChI is InChI=1S/C37H46N2O6/c1-26(2)36(40)30(24-38)20-28-14-16-32(34(22-28)42-5)44-18-12-10-8-7-9-11-13-19-45-33-17-15-29(23-35(33)43-6)21-31(25-39)37(41)27(3)4/h14-17,20-23,26-27H,7-13,18-19H2,1-6H3. The predicted octanol–water partition coefficient (Wildman–Crippen LogP) is 8.16. The van der Waals surface area contributed by atoms with E-state index in [9.17, 15) is 20.1 Å². The highest BCUT2D eigenvalue weighted by atomic mass is 16.5. The minimum Gasteiger partial charge on any atom is -0.493 e. The maximum absolute atomic E-state index is 12.2. The molecular weight excluding hydrogens is 568 g/mol. The van der Waals surface area contributed by atoms with Crippen molar-refractivity contribution in [2.45, 2.75) is 72.6 Å². The number of unbranched alkanes of at least 4 members (excludes halogenated alkanes) is 6. The lowest BCUT2D eigenvalue weighted by atomic mass is 10.00. The lowest BCUT2D eigenvalue weighted by Crippen LogP contribution is -2.08. The average molecular weight is 615 g/mol. The number of nitriles is 2. The Bertz CT molecular complexity index is 1320. The number of rotatable bonds is 20. The van der Waals surface area contributed by atoms with Crippen LogP contribution in [-0.2, 0) is 9.59 Å². The lowest BCUT2D eigenvalue weighted by Gasteiger charge is -2.12. The van der Waals surface area contributed by atoms with Crippen molar-refractivity contribution in [3.05, 3.63) is 58.7 Å². The molecule has 2 rings (SSSR count). The Morgan fingerprint density at radius 2 is 0.978 bits per heavy atom. The maximum Gasteiger partial charge on any atom is 0.175 e. The highest BCUT2D eigenvalue weighted by Gasteiger charge is 2.15. The summed E-state index contributed by atoms with van der Waals surface area (Å²) in [5.41, 5.74) is 1.68. The van der Waals surface area contributed by atoms with Crippen molar-refractivity contribution in [1.29, 1.82) is 10.5 Å². The molecule has 0 aliphatic carbocycles. The SMILES string of the molecule is COc1cc(C=C(C#N)C(=O)C(C)C)ccc1OCCCCCCCCCOc1ccc(C=C(C#N)C(=O)C(C)C)cc1OC. The molecule has 2 aromatic carbocycles. The molecule has 2 aromatic rings. The number of ether oxygens (including phenoxy) is 4. The van der Waals surface area contributed by atoms with Crippen LogP contribution in [0.5, 0.6) is 23.0 Å². The summed E-state index contributed by atoms with van der Waals surface area (Å²) in [6.45, 7) is 8.25. The molecule has 0 saturated heterocycles. The molecule has 0 saturated carbocycles. The van der Waals surface area contributed by atoms with Gasteiger partial charge in [0, 0.05) is 11.8 Å². The minimum absolute atomic E-state index is 0.126. The van der Waals surface area contributed by atoms with Gasteiger partial charge in [0.15, 0.2) is 34.6 Å². The van der Waals surface area contributed by atoms with E-state index < -0.39 is 0 Å². The summed E-state index contributed by atoms with van der Waals surface area (Å²) in [5.74, 6) is 1.56. The van der Waals surface area contributed by atoms with Gasteiger partial charge in [-0.2, -0.15) is 10.5 Å². The second kappa shape index (κ2) is 19.7. The van der Waals surface area contributed by atoms with Crippen molar-refractivity contribution < 1.29 is 28.5 Å². The molecule has 0 bridgehead atoms. The van der Waals surface area contributed by atoms with Crippen LogP contribution in [0.3, 0.4) is 0 Å². The van der Waals surface area contributed by atoms with Crippen LogP contribution >= 0.6 is 0 Å². The molecule has 0 aliphatic rings. The van der Waals surface area contributed by atoms with Crippen molar-refractivity contribution in [3.63, 3.8) is 0 Å². The molecule has 0 N–H and O–H groups in total. The fourth-order valence-corrected chi connectivity index (χ4v) is 4.51. The summed E-state index contributed by atoms with van der Waals surface area (Å²) in [7, 11) is 3.14. The van der Waals surface area contributed by atoms with Gasteiger partial charge in [0.2, 0.25) is 0 Å². The summed E-state index contributed by atoms with van der Waals surface area (Å²) >= 11 is 0. The number of carbonyl (C=O) groups is 2. The molecule has 8 nitrogen and oxygen atoms in total. The van der Waals surface area contributed by atoms with Gasteiger partial charge in [-0.25, -0.2) is 0 Å². The molecule has 8 heteroatoms. The highest BCUT2D eigenvalue weighted by molar-refractivity contribution is 6.04. The Labute approximate surface area is 268 Å². The number of benzene rings is 2. The normalized spacial score (nSPS) is 11.6. The molecular formula is C37H46N2O6. The molecule has 0 radical (unpaired) electrons. The van der Waals surface area contributed by atoms with Crippen LogP contribution in [0, 0.1) is 34.5 Å². The van der Waals surface area contributed by atoms with Gasteiger partial charge in [-0.15, -0.1) is 0 Å². The van der Waals surface area contributed by atoms with Gasteiger partial charge in [0.1, 0.15) is 12.1 Å². The topological polar surface area (TPSA) is 119 Å². The van der Waals surface area contributed by atoms with E-state index in [-0.39, 0.29) is 34.5 Å². The smallest absolute Gasteiger partial charge is 0.175 e. The fraction of sp³-hybridized carbons (Fsp3) is 0.459. The first kappa shape index (κ1) is 36.6. The average Bonchev–Trinajstić information content (AvgIpc) is 3.04. The fourth-order valence-electron chi connectivity index (χ4n) is 4.51. The van der Waals surface area contributed by atoms with Gasteiger partial charge in [-0.3, -0.25) is 9.59 Å². The number of methoxy groups -OCH3 is 2. The number of nitrogens with zero attached hydrogens (tertiary/aromatic N) is 2. The third-order valence-electron chi connectivity index (χ3n) is 7.12. The molecule has 0 amide bonds. The summed E-state index contributed by atoms with van der Waals surface area (Å²) in [5, 5.41) is 18.7. The largest absolute Gasteiger partial charge is 0.493 e. The van der Waals surface area contributed by atoms with Crippen molar-refractivity contribution >= 4 is 23.7 Å². The van der Waals surface area contributed by atoms with Crippen LogP contribution in [0.25, 0.3) is 12.2 Å². The number of hydrogen-bond donors (Lipinski definition) is 0. The lowest BCUT2D eigenvalue weighted by molar-refractivity contribution is -0.118. The Balaban J connectivity index is 1.68. The molecule has 0 unspecified atom stereocenters. The number of carbonyl (C=O) groups excluding carboxylic acids is 2. The number of hydrogen-bond acceptors (Lipinski definition) is 8. The molecule has 0 heterocycles. The van der Waals surface area contributed by atoms with Crippen LogP contribution in [0.4, 0.5) is 0 Å². The van der Waals surface area contributed by atoms with Gasteiger partial charge in [-0.1, -0.05) is 71.9 Å². The minimum atomic E-state index is -0.243. The van der Waals surface area contributed by atoms with E-state index >= 15 is 0 Å². The van der Waals surface area contributed by atoms with Crippen molar-refractivity contribution in [2.75, 3.05) is 27.4 Å². The Hall–Kier alpha value is -4.56. The molecule has 240 valence electrons. The predicted molar refractivity (Wildman–Crippen MR) is 176 cm³/mol. The van der Waals surface area contributed by atoms with E-state index in [1.165, 1.54) is 0 Å². The van der Waals surface area contributed by atoms with Gasteiger partial charge >= 0.3 is 0 Å². The first-order valence-electron chi connectivity index (χ1n) is 15.6. The van der Waals surface area contributed by atoms with E-state index in [1.807, 2.05) is 36.4 Å². The molecule has 0 fully saturated rings. The first-order valence-corrected chi connectivity index (χ1v) is 15.6. The number of ketones is 2. The van der Waals surface area contributed by atoms with E-state index in [2.05, 4.69) is 0 Å². The summed E-state index contributed by atoms with van der Waals surface area (Å²) < 4.78 is 22.8. The van der Waals surface area contributed by atoms with Gasteiger partial charge in [0.25, 0.3) is 0 Å². The second-order valence-electron chi connectivity index (χ2n) is 11.4. The van der Waals surface area contributed by atoms with Crippen molar-refractivity contribution in [3.8, 4) is 35.1 Å². The van der Waals surface area contributed by atoms with Crippen LogP contribution < -0.4 is 18.9 Å². The van der Waals surface area contributed by atoms with Crippen LogP contribution in [0.2, 0.25) is 0 Å². The van der Waals surface area contributed by atoms with Crippen LogP contribution in [0.15, 0.2) is 47.5 Å². The Kier molecular flexibility index (Phi) is 16.0. The Morgan fingerprint density at radius 3 is 1.29 bits per heavy atom. The van der Waals surface area contributed by atoms with E-state index in [0.717, 1.165) is 44.9 Å². The zero-order valence-corrected chi connectivity index (χ0v) is 27.5. The second-order valence-corrected chi connectivity index (χ2v) is 11.4. The number of allylic oxidation sites excluding steroid dienone is 2. The number of Topliss-reactive ketones (excluding diaryl/α,β-unsaturated/α-hetero) is 2. The zero-order chi connectivity index (χ0) is 33.2.